The van der Waals surface area contributed by atoms with Crippen molar-refractivity contribution in [2.45, 2.75) is 5.25 Å². The number of rotatable bonds is 3. The van der Waals surface area contributed by atoms with Crippen molar-refractivity contribution in [3.05, 3.63) is 29.8 Å². The fourth-order valence-electron chi connectivity index (χ4n) is 1.01. The molecule has 0 aliphatic heterocycles. The number of anilines is 1. The summed E-state index contributed by atoms with van der Waals surface area (Å²) in [5.41, 5.74) is 6.56. The topological polar surface area (TPSA) is 155 Å². The van der Waals surface area contributed by atoms with E-state index in [0.29, 0.717) is 11.3 Å². The van der Waals surface area contributed by atoms with Crippen LogP contribution in [0.5, 0.6) is 0 Å². The van der Waals surface area contributed by atoms with Gasteiger partial charge in [0.25, 0.3) is 0 Å². The van der Waals surface area contributed by atoms with Crippen molar-refractivity contribution < 1.29 is 31.0 Å². The summed E-state index contributed by atoms with van der Waals surface area (Å²) in [5.74, 6) is 0. The van der Waals surface area contributed by atoms with Gasteiger partial charge in [-0.05, 0) is 17.7 Å². The third-order valence-corrected chi connectivity index (χ3v) is 2.72. The monoisotopic (exact) mass is 299 g/mol. The highest BCUT2D eigenvalue weighted by atomic mass is 32.3. The number of thiol groups is 1. The number of aliphatic hydroxyl groups is 1. The number of hydrogen-bond acceptors (Lipinski definition) is 6. The van der Waals surface area contributed by atoms with Crippen molar-refractivity contribution in [3.63, 3.8) is 0 Å². The second-order valence-electron chi connectivity index (χ2n) is 3.10. The Kier molecular flexibility index (Phi) is 6.80. The molecule has 0 aliphatic rings. The molecule has 0 spiro atoms. The minimum Gasteiger partial charge on any atom is -0.399 e. The number of nitrogens with two attached hydrogens (primary N) is 1. The molecule has 0 amide bonds. The SMILES string of the molecule is Nc1ccc(C(CO)[SH](=O)=O)cc1.O=S(=O)(O)O. The Morgan fingerprint density at radius 2 is 1.56 bits per heavy atom. The summed E-state index contributed by atoms with van der Waals surface area (Å²) in [6, 6.07) is 6.41. The first-order chi connectivity index (χ1) is 8.15. The lowest BCUT2D eigenvalue weighted by Gasteiger charge is -2.06. The number of aliphatic hydroxyl groups excluding tert-OH is 1. The van der Waals surface area contributed by atoms with Crippen LogP contribution in [0.3, 0.4) is 0 Å². The van der Waals surface area contributed by atoms with Crippen molar-refractivity contribution >= 4 is 26.8 Å². The van der Waals surface area contributed by atoms with Gasteiger partial charge in [-0.2, -0.15) is 8.42 Å². The maximum absolute atomic E-state index is 10.7. The molecule has 0 heterocycles. The first-order valence-corrected chi connectivity index (χ1v) is 7.09. The first kappa shape index (κ1) is 16.8. The second-order valence-corrected chi connectivity index (χ2v) is 5.19. The molecule has 5 N–H and O–H groups in total. The standard InChI is InChI=1S/C8H11NO3S.H2O4S/c9-7-3-1-6(2-4-7)8(5-10)13(11)12;1-5(2,3)4/h1-4,8,10,13H,5,9H2;(H2,1,2,3,4). The van der Waals surface area contributed by atoms with E-state index in [2.05, 4.69) is 0 Å². The van der Waals surface area contributed by atoms with Crippen LogP contribution >= 0.6 is 0 Å². The van der Waals surface area contributed by atoms with Gasteiger partial charge in [-0.15, -0.1) is 0 Å². The molecule has 0 saturated heterocycles. The van der Waals surface area contributed by atoms with Crippen molar-refractivity contribution in [1.82, 2.24) is 0 Å². The fraction of sp³-hybridized carbons (Fsp3) is 0.250. The molecule has 104 valence electrons. The average molecular weight is 299 g/mol. The molecular weight excluding hydrogens is 286 g/mol. The summed E-state index contributed by atoms with van der Waals surface area (Å²) in [5, 5.41) is 7.98. The lowest BCUT2D eigenvalue weighted by molar-refractivity contribution is 0.293. The summed E-state index contributed by atoms with van der Waals surface area (Å²) in [6.07, 6.45) is 0. The van der Waals surface area contributed by atoms with E-state index < -0.39 is 33.0 Å². The van der Waals surface area contributed by atoms with Crippen molar-refractivity contribution in [1.29, 1.82) is 0 Å². The highest BCUT2D eigenvalue weighted by Crippen LogP contribution is 2.17. The maximum atomic E-state index is 10.7. The number of hydrogen-bond donors (Lipinski definition) is 5. The van der Waals surface area contributed by atoms with Crippen LogP contribution in [-0.2, 0) is 21.1 Å². The minimum absolute atomic E-state index is 0.400. The predicted octanol–water partition coefficient (Wildman–Crippen LogP) is -0.739. The van der Waals surface area contributed by atoms with E-state index in [0.717, 1.165) is 0 Å². The van der Waals surface area contributed by atoms with Gasteiger partial charge >= 0.3 is 10.4 Å². The Bertz CT molecular complexity index is 519. The summed E-state index contributed by atoms with van der Waals surface area (Å²) in [7, 11) is -7.31. The van der Waals surface area contributed by atoms with E-state index in [1.165, 1.54) is 0 Å². The quantitative estimate of drug-likeness (QED) is 0.278. The van der Waals surface area contributed by atoms with Gasteiger partial charge in [0.2, 0.25) is 0 Å². The molecular formula is C8H13NO7S2. The van der Waals surface area contributed by atoms with Crippen LogP contribution < -0.4 is 5.73 Å². The van der Waals surface area contributed by atoms with Crippen LogP contribution in [0.25, 0.3) is 0 Å². The molecule has 18 heavy (non-hydrogen) atoms. The van der Waals surface area contributed by atoms with Gasteiger partial charge in [-0.1, -0.05) is 12.1 Å². The van der Waals surface area contributed by atoms with Gasteiger partial charge < -0.3 is 10.8 Å². The molecule has 0 aliphatic carbocycles. The fourth-order valence-corrected chi connectivity index (χ4v) is 1.56. The lowest BCUT2D eigenvalue weighted by Crippen LogP contribution is -2.05. The Hall–Kier alpha value is -1.20. The number of benzene rings is 1. The first-order valence-electron chi connectivity index (χ1n) is 4.45. The summed E-state index contributed by atoms with van der Waals surface area (Å²) in [4.78, 5) is 0. The van der Waals surface area contributed by atoms with Gasteiger partial charge in [0.05, 0.1) is 6.61 Å². The largest absolute Gasteiger partial charge is 0.399 e. The normalized spacial score (nSPS) is 12.7. The minimum atomic E-state index is -4.67. The molecule has 1 unspecified atom stereocenters. The van der Waals surface area contributed by atoms with E-state index in [1.807, 2.05) is 0 Å². The van der Waals surface area contributed by atoms with Crippen LogP contribution in [-0.4, -0.2) is 37.7 Å². The van der Waals surface area contributed by atoms with E-state index in [9.17, 15) is 8.42 Å². The molecule has 0 saturated carbocycles. The molecule has 1 aromatic rings. The third-order valence-electron chi connectivity index (χ3n) is 1.75. The third kappa shape index (κ3) is 7.97. The highest BCUT2D eigenvalue weighted by molar-refractivity contribution is 7.79. The van der Waals surface area contributed by atoms with Gasteiger partial charge in [0.1, 0.15) is 16.0 Å². The summed E-state index contributed by atoms with van der Waals surface area (Å²) >= 11 is 0. The lowest BCUT2D eigenvalue weighted by atomic mass is 10.1. The van der Waals surface area contributed by atoms with Gasteiger partial charge in [0.15, 0.2) is 0 Å². The van der Waals surface area contributed by atoms with Crippen LogP contribution in [0.4, 0.5) is 5.69 Å². The van der Waals surface area contributed by atoms with Crippen molar-refractivity contribution in [3.8, 4) is 0 Å². The molecule has 0 aromatic heterocycles. The molecule has 0 bridgehead atoms. The Morgan fingerprint density at radius 3 is 1.83 bits per heavy atom. The molecule has 1 atom stereocenters. The molecule has 10 heteroatoms. The Labute approximate surface area is 106 Å². The zero-order chi connectivity index (χ0) is 14.3. The van der Waals surface area contributed by atoms with Gasteiger partial charge in [0, 0.05) is 5.69 Å². The van der Waals surface area contributed by atoms with E-state index >= 15 is 0 Å². The zero-order valence-corrected chi connectivity index (χ0v) is 10.7. The maximum Gasteiger partial charge on any atom is 0.394 e. The van der Waals surface area contributed by atoms with Gasteiger partial charge in [-0.25, -0.2) is 8.42 Å². The van der Waals surface area contributed by atoms with Crippen LogP contribution in [0.15, 0.2) is 24.3 Å². The molecule has 1 rings (SSSR count). The van der Waals surface area contributed by atoms with Crippen molar-refractivity contribution in [2.24, 2.45) is 0 Å². The van der Waals surface area contributed by atoms with E-state index in [-0.39, 0.29) is 0 Å². The Morgan fingerprint density at radius 1 is 1.17 bits per heavy atom. The van der Waals surface area contributed by atoms with Crippen molar-refractivity contribution in [2.75, 3.05) is 12.3 Å². The molecule has 1 aromatic carbocycles. The highest BCUT2D eigenvalue weighted by Gasteiger charge is 2.12. The smallest absolute Gasteiger partial charge is 0.394 e. The molecule has 0 fully saturated rings. The average Bonchev–Trinajstić information content (AvgIpc) is 2.19. The van der Waals surface area contributed by atoms with E-state index in [1.54, 1.807) is 24.3 Å². The summed E-state index contributed by atoms with van der Waals surface area (Å²) in [6.45, 7) is -0.400. The van der Waals surface area contributed by atoms with Gasteiger partial charge in [-0.3, -0.25) is 9.11 Å². The zero-order valence-electron chi connectivity index (χ0n) is 9.00. The van der Waals surface area contributed by atoms with Crippen LogP contribution in [0, 0.1) is 0 Å². The predicted molar refractivity (Wildman–Crippen MR) is 65.2 cm³/mol. The van der Waals surface area contributed by atoms with Crippen LogP contribution in [0.2, 0.25) is 0 Å². The second kappa shape index (κ2) is 7.28. The molecule has 0 radical (unpaired) electrons. The summed E-state index contributed by atoms with van der Waals surface area (Å²) < 4.78 is 52.9. The molecule has 8 nitrogen and oxygen atoms in total. The van der Waals surface area contributed by atoms with Crippen LogP contribution in [0.1, 0.15) is 10.8 Å². The Balaban J connectivity index is 0.000000494. The number of nitrogen functional groups attached to an aromatic ring is 1. The van der Waals surface area contributed by atoms with E-state index in [4.69, 9.17) is 28.4 Å².